The molecule has 20 heavy (non-hydrogen) atoms. The quantitative estimate of drug-likeness (QED) is 0.413. The number of ether oxygens (including phenoxy) is 1. The molecule has 1 atom stereocenters. The van der Waals surface area contributed by atoms with Gasteiger partial charge in [-0.3, -0.25) is 14.9 Å². The Labute approximate surface area is 129 Å². The van der Waals surface area contributed by atoms with Crippen molar-refractivity contribution in [3.63, 3.8) is 0 Å². The Bertz CT molecular complexity index is 495. The second kappa shape index (κ2) is 8.12. The fraction of sp³-hybridized carbons (Fsp3) is 0.417. The third-order valence-corrected chi connectivity index (χ3v) is 3.47. The van der Waals surface area contributed by atoms with E-state index in [4.69, 9.17) is 4.74 Å². The standard InChI is InChI=1S/C12H15IN2O5/c1-20-7-9(16)4-5-14-12(17)10-6-8(15(18)19)2-3-11(10)13/h2-3,6,9,16H,4-5,7H2,1H3,(H,14,17). The smallest absolute Gasteiger partial charge is 0.270 e. The van der Waals surface area contributed by atoms with Crippen LogP contribution in [0.5, 0.6) is 0 Å². The number of hydrogen-bond acceptors (Lipinski definition) is 5. The summed E-state index contributed by atoms with van der Waals surface area (Å²) < 4.78 is 5.40. The van der Waals surface area contributed by atoms with E-state index >= 15 is 0 Å². The summed E-state index contributed by atoms with van der Waals surface area (Å²) in [6, 6.07) is 4.11. The van der Waals surface area contributed by atoms with Gasteiger partial charge in [0.25, 0.3) is 11.6 Å². The average Bonchev–Trinajstić information content (AvgIpc) is 2.39. The third-order valence-electron chi connectivity index (χ3n) is 2.53. The maximum Gasteiger partial charge on any atom is 0.270 e. The molecule has 1 rings (SSSR count). The van der Waals surface area contributed by atoms with Gasteiger partial charge in [-0.1, -0.05) is 0 Å². The first-order valence-corrected chi connectivity index (χ1v) is 6.92. The van der Waals surface area contributed by atoms with Gasteiger partial charge in [-0.2, -0.15) is 0 Å². The monoisotopic (exact) mass is 394 g/mol. The van der Waals surface area contributed by atoms with Gasteiger partial charge in [0.1, 0.15) is 0 Å². The highest BCUT2D eigenvalue weighted by molar-refractivity contribution is 14.1. The molecule has 0 saturated carbocycles. The second-order valence-corrected chi connectivity index (χ2v) is 5.24. The van der Waals surface area contributed by atoms with Gasteiger partial charge in [0.05, 0.1) is 23.2 Å². The molecule has 1 amide bonds. The molecule has 0 aliphatic heterocycles. The van der Waals surface area contributed by atoms with Gasteiger partial charge >= 0.3 is 0 Å². The van der Waals surface area contributed by atoms with Gasteiger partial charge in [0, 0.05) is 29.4 Å². The molecular formula is C12H15IN2O5. The average molecular weight is 394 g/mol. The van der Waals surface area contributed by atoms with Gasteiger partial charge in [0.2, 0.25) is 0 Å². The molecule has 0 radical (unpaired) electrons. The number of nitrogens with zero attached hydrogens (tertiary/aromatic N) is 1. The molecule has 0 bridgehead atoms. The molecular weight excluding hydrogens is 379 g/mol. The molecule has 2 N–H and O–H groups in total. The summed E-state index contributed by atoms with van der Waals surface area (Å²) in [5.41, 5.74) is 0.121. The summed E-state index contributed by atoms with van der Waals surface area (Å²) in [6.45, 7) is 0.465. The second-order valence-electron chi connectivity index (χ2n) is 4.08. The molecule has 8 heteroatoms. The zero-order valence-electron chi connectivity index (χ0n) is 10.8. The molecule has 0 aromatic heterocycles. The molecule has 0 heterocycles. The first kappa shape index (κ1) is 16.8. The third kappa shape index (κ3) is 5.02. The van der Waals surface area contributed by atoms with Crippen LogP contribution >= 0.6 is 22.6 Å². The van der Waals surface area contributed by atoms with Crippen LogP contribution in [0.25, 0.3) is 0 Å². The number of methoxy groups -OCH3 is 1. The number of nitrogens with one attached hydrogen (secondary N) is 1. The van der Waals surface area contributed by atoms with E-state index in [1.165, 1.54) is 25.3 Å². The Hall–Kier alpha value is -1.26. The molecule has 0 spiro atoms. The summed E-state index contributed by atoms with van der Waals surface area (Å²) in [5.74, 6) is -0.400. The summed E-state index contributed by atoms with van der Waals surface area (Å²) in [4.78, 5) is 22.1. The number of carbonyl (C=O) groups excluding carboxylic acids is 1. The van der Waals surface area contributed by atoms with Crippen molar-refractivity contribution in [3.8, 4) is 0 Å². The predicted molar refractivity (Wildman–Crippen MR) is 80.6 cm³/mol. The van der Waals surface area contributed by atoms with E-state index in [1.54, 1.807) is 0 Å². The lowest BCUT2D eigenvalue weighted by molar-refractivity contribution is -0.384. The van der Waals surface area contributed by atoms with Crippen molar-refractivity contribution in [2.75, 3.05) is 20.3 Å². The van der Waals surface area contributed by atoms with Crippen molar-refractivity contribution in [2.45, 2.75) is 12.5 Å². The van der Waals surface area contributed by atoms with Gasteiger partial charge < -0.3 is 15.2 Å². The van der Waals surface area contributed by atoms with Crippen molar-refractivity contribution in [1.82, 2.24) is 5.32 Å². The van der Waals surface area contributed by atoms with E-state index in [-0.39, 0.29) is 24.4 Å². The highest BCUT2D eigenvalue weighted by Crippen LogP contribution is 2.19. The maximum atomic E-state index is 11.9. The molecule has 0 aliphatic carbocycles. The highest BCUT2D eigenvalue weighted by Gasteiger charge is 2.15. The number of halogens is 1. The number of amides is 1. The largest absolute Gasteiger partial charge is 0.391 e. The van der Waals surface area contributed by atoms with E-state index in [2.05, 4.69) is 5.32 Å². The van der Waals surface area contributed by atoms with E-state index in [0.717, 1.165) is 0 Å². The fourth-order valence-electron chi connectivity index (χ4n) is 1.52. The Morgan fingerprint density at radius 2 is 2.30 bits per heavy atom. The SMILES string of the molecule is COCC(O)CCNC(=O)c1cc([N+](=O)[O-])ccc1I. The van der Waals surface area contributed by atoms with Crippen LogP contribution in [0.4, 0.5) is 5.69 Å². The lowest BCUT2D eigenvalue weighted by Gasteiger charge is -2.10. The van der Waals surface area contributed by atoms with Crippen LogP contribution in [0.15, 0.2) is 18.2 Å². The molecule has 7 nitrogen and oxygen atoms in total. The lowest BCUT2D eigenvalue weighted by atomic mass is 10.2. The number of nitro benzene ring substituents is 1. The van der Waals surface area contributed by atoms with Crippen LogP contribution in [-0.4, -0.2) is 42.3 Å². The molecule has 1 aromatic carbocycles. The van der Waals surface area contributed by atoms with Crippen LogP contribution in [0, 0.1) is 13.7 Å². The van der Waals surface area contributed by atoms with Gasteiger partial charge in [-0.05, 0) is 35.1 Å². The number of benzene rings is 1. The van der Waals surface area contributed by atoms with Crippen LogP contribution < -0.4 is 5.32 Å². The summed E-state index contributed by atoms with van der Waals surface area (Å²) in [7, 11) is 1.48. The lowest BCUT2D eigenvalue weighted by Crippen LogP contribution is -2.29. The molecule has 1 aromatic rings. The summed E-state index contributed by atoms with van der Waals surface area (Å²) >= 11 is 1.94. The number of rotatable bonds is 7. The minimum absolute atomic E-state index is 0.130. The predicted octanol–water partition coefficient (Wildman–Crippen LogP) is 1.33. The number of nitro groups is 1. The summed E-state index contributed by atoms with van der Waals surface area (Å²) in [6.07, 6.45) is -0.296. The molecule has 110 valence electrons. The fourth-order valence-corrected chi connectivity index (χ4v) is 2.10. The van der Waals surface area contributed by atoms with Crippen molar-refractivity contribution in [1.29, 1.82) is 0 Å². The van der Waals surface area contributed by atoms with Crippen molar-refractivity contribution < 1.29 is 19.6 Å². The topological polar surface area (TPSA) is 102 Å². The van der Waals surface area contributed by atoms with Gasteiger partial charge in [0.15, 0.2) is 0 Å². The van der Waals surface area contributed by atoms with Crippen LogP contribution in [0.3, 0.4) is 0 Å². The van der Waals surface area contributed by atoms with Crippen LogP contribution in [0.1, 0.15) is 16.8 Å². The number of hydrogen-bond donors (Lipinski definition) is 2. The van der Waals surface area contributed by atoms with Crippen molar-refractivity contribution >= 4 is 34.2 Å². The molecule has 1 unspecified atom stereocenters. The molecule has 0 aliphatic rings. The van der Waals surface area contributed by atoms with Gasteiger partial charge in [-0.15, -0.1) is 0 Å². The van der Waals surface area contributed by atoms with Crippen LogP contribution in [-0.2, 0) is 4.74 Å². The van der Waals surface area contributed by atoms with Crippen molar-refractivity contribution in [3.05, 3.63) is 37.4 Å². The Balaban J connectivity index is 2.63. The number of aliphatic hydroxyl groups is 1. The Morgan fingerprint density at radius 3 is 2.90 bits per heavy atom. The zero-order valence-corrected chi connectivity index (χ0v) is 13.0. The highest BCUT2D eigenvalue weighted by atomic mass is 127. The molecule has 0 saturated heterocycles. The minimum atomic E-state index is -0.649. The summed E-state index contributed by atoms with van der Waals surface area (Å²) in [5, 5.41) is 22.7. The number of aliphatic hydroxyl groups excluding tert-OH is 1. The Morgan fingerprint density at radius 1 is 1.60 bits per heavy atom. The first-order chi connectivity index (χ1) is 9.45. The minimum Gasteiger partial charge on any atom is -0.391 e. The Kier molecular flexibility index (Phi) is 6.82. The van der Waals surface area contributed by atoms with Crippen molar-refractivity contribution in [2.24, 2.45) is 0 Å². The number of non-ortho nitro benzene ring substituents is 1. The maximum absolute atomic E-state index is 11.9. The normalized spacial score (nSPS) is 11.9. The van der Waals surface area contributed by atoms with E-state index in [0.29, 0.717) is 9.99 Å². The van der Waals surface area contributed by atoms with E-state index in [1.807, 2.05) is 22.6 Å². The van der Waals surface area contributed by atoms with Crippen LogP contribution in [0.2, 0.25) is 0 Å². The van der Waals surface area contributed by atoms with Gasteiger partial charge in [-0.25, -0.2) is 0 Å². The zero-order chi connectivity index (χ0) is 15.1. The molecule has 0 fully saturated rings. The first-order valence-electron chi connectivity index (χ1n) is 5.85. The number of carbonyl (C=O) groups is 1. The van der Waals surface area contributed by atoms with E-state index in [9.17, 15) is 20.0 Å². The van der Waals surface area contributed by atoms with E-state index < -0.39 is 16.9 Å².